The number of ether oxygens (including phenoxy) is 2. The number of fused-ring (bicyclic) bond motifs is 1. The highest BCUT2D eigenvalue weighted by Crippen LogP contribution is 2.62. The standard InChI is InChI=1S/C24H24F3NO3/c25-24(26,27)30-20-4-2-1-3-18(20)21-19(22(31-28-21)15-5-6-15)13-29-17-10-14-9-16-7-8-23(16,11-14)12-17/h1-4,9,14-15,17H,5-8,10-13H2. The van der Waals surface area contributed by atoms with Gasteiger partial charge in [0.2, 0.25) is 0 Å². The quantitative estimate of drug-likeness (QED) is 0.488. The summed E-state index contributed by atoms with van der Waals surface area (Å²) in [6.07, 6.45) is 5.64. The second-order valence-corrected chi connectivity index (χ2v) is 9.50. The maximum absolute atomic E-state index is 12.9. The fourth-order valence-electron chi connectivity index (χ4n) is 5.83. The third-order valence-corrected chi connectivity index (χ3v) is 7.43. The summed E-state index contributed by atoms with van der Waals surface area (Å²) in [5.74, 6) is 1.35. The molecule has 31 heavy (non-hydrogen) atoms. The van der Waals surface area contributed by atoms with E-state index in [4.69, 9.17) is 9.26 Å². The first-order valence-electron chi connectivity index (χ1n) is 11.1. The topological polar surface area (TPSA) is 44.5 Å². The number of para-hydroxylation sites is 1. The maximum Gasteiger partial charge on any atom is 0.573 e. The van der Waals surface area contributed by atoms with E-state index in [1.165, 1.54) is 31.4 Å². The molecule has 4 aliphatic carbocycles. The Morgan fingerprint density at radius 2 is 2.00 bits per heavy atom. The number of benzene rings is 1. The fraction of sp³-hybridized carbons (Fsp3) is 0.542. The van der Waals surface area contributed by atoms with Crippen molar-refractivity contribution in [3.05, 3.63) is 47.2 Å². The summed E-state index contributed by atoms with van der Waals surface area (Å²) in [6, 6.07) is 6.09. The molecule has 164 valence electrons. The third kappa shape index (κ3) is 3.47. The molecule has 1 spiro atoms. The van der Waals surface area contributed by atoms with Crippen LogP contribution >= 0.6 is 0 Å². The van der Waals surface area contributed by atoms with E-state index in [9.17, 15) is 13.2 Å². The lowest BCUT2D eigenvalue weighted by molar-refractivity contribution is -0.274. The minimum absolute atomic E-state index is 0.157. The largest absolute Gasteiger partial charge is 0.573 e. The highest BCUT2D eigenvalue weighted by atomic mass is 19.4. The first-order chi connectivity index (χ1) is 14.9. The number of nitrogens with zero attached hydrogens (tertiary/aromatic N) is 1. The molecule has 3 atom stereocenters. The second-order valence-electron chi connectivity index (χ2n) is 9.50. The summed E-state index contributed by atoms with van der Waals surface area (Å²) in [5, 5.41) is 4.17. The number of halogens is 3. The Labute approximate surface area is 178 Å². The first-order valence-corrected chi connectivity index (χ1v) is 11.1. The van der Waals surface area contributed by atoms with Crippen LogP contribution in [-0.4, -0.2) is 17.6 Å². The summed E-state index contributed by atoms with van der Waals surface area (Å²) < 4.78 is 55.1. The van der Waals surface area contributed by atoms with Crippen LogP contribution in [0.1, 0.15) is 62.2 Å². The van der Waals surface area contributed by atoms with E-state index in [2.05, 4.69) is 16.0 Å². The van der Waals surface area contributed by atoms with Crippen molar-refractivity contribution in [3.8, 4) is 17.0 Å². The zero-order chi connectivity index (χ0) is 21.2. The fourth-order valence-corrected chi connectivity index (χ4v) is 5.83. The molecule has 0 saturated heterocycles. The van der Waals surface area contributed by atoms with E-state index in [-0.39, 0.29) is 23.3 Å². The Bertz CT molecular complexity index is 1040. The Morgan fingerprint density at radius 1 is 1.16 bits per heavy atom. The van der Waals surface area contributed by atoms with Gasteiger partial charge in [0.1, 0.15) is 17.2 Å². The number of hydrogen-bond acceptors (Lipinski definition) is 4. The molecule has 4 aliphatic rings. The Morgan fingerprint density at radius 3 is 2.74 bits per heavy atom. The smallest absolute Gasteiger partial charge is 0.405 e. The van der Waals surface area contributed by atoms with Crippen molar-refractivity contribution >= 4 is 0 Å². The van der Waals surface area contributed by atoms with Crippen molar-refractivity contribution in [1.82, 2.24) is 5.16 Å². The number of aromatic nitrogens is 1. The molecule has 3 unspecified atom stereocenters. The zero-order valence-corrected chi connectivity index (χ0v) is 17.1. The van der Waals surface area contributed by atoms with Crippen molar-refractivity contribution < 1.29 is 27.2 Å². The van der Waals surface area contributed by atoms with Gasteiger partial charge in [-0.2, -0.15) is 0 Å². The predicted molar refractivity (Wildman–Crippen MR) is 106 cm³/mol. The number of rotatable bonds is 6. The van der Waals surface area contributed by atoms with Gasteiger partial charge in [0.05, 0.1) is 12.7 Å². The highest BCUT2D eigenvalue weighted by molar-refractivity contribution is 5.70. The van der Waals surface area contributed by atoms with Gasteiger partial charge in [-0.25, -0.2) is 0 Å². The van der Waals surface area contributed by atoms with Gasteiger partial charge in [-0.3, -0.25) is 0 Å². The van der Waals surface area contributed by atoms with Crippen LogP contribution in [-0.2, 0) is 11.3 Å². The van der Waals surface area contributed by atoms with Gasteiger partial charge in [0, 0.05) is 17.0 Å². The van der Waals surface area contributed by atoms with Gasteiger partial charge in [-0.15, -0.1) is 13.2 Å². The molecule has 0 amide bonds. The molecule has 1 aromatic heterocycles. The molecule has 1 heterocycles. The molecule has 3 fully saturated rings. The summed E-state index contributed by atoms with van der Waals surface area (Å²) in [7, 11) is 0. The maximum atomic E-state index is 12.9. The van der Waals surface area contributed by atoms with Crippen molar-refractivity contribution in [1.29, 1.82) is 0 Å². The molecule has 0 radical (unpaired) electrons. The van der Waals surface area contributed by atoms with Crippen molar-refractivity contribution in [2.45, 2.75) is 69.9 Å². The molecular weight excluding hydrogens is 407 g/mol. The zero-order valence-electron chi connectivity index (χ0n) is 17.1. The molecule has 2 bridgehead atoms. The van der Waals surface area contributed by atoms with Crippen LogP contribution in [0.4, 0.5) is 13.2 Å². The molecule has 7 heteroatoms. The lowest BCUT2D eigenvalue weighted by Gasteiger charge is -2.46. The minimum Gasteiger partial charge on any atom is -0.405 e. The van der Waals surface area contributed by atoms with E-state index in [0.717, 1.165) is 37.0 Å². The number of allylic oxidation sites excluding steroid dienone is 2. The van der Waals surface area contributed by atoms with Crippen molar-refractivity contribution in [2.75, 3.05) is 0 Å². The van der Waals surface area contributed by atoms with Gasteiger partial charge in [0.25, 0.3) is 0 Å². The summed E-state index contributed by atoms with van der Waals surface area (Å²) >= 11 is 0. The van der Waals surface area contributed by atoms with Crippen molar-refractivity contribution in [2.24, 2.45) is 11.3 Å². The molecule has 6 rings (SSSR count). The highest BCUT2D eigenvalue weighted by Gasteiger charge is 2.52. The Kier molecular flexibility index (Phi) is 4.29. The molecule has 3 saturated carbocycles. The monoisotopic (exact) mass is 431 g/mol. The second kappa shape index (κ2) is 6.86. The van der Waals surface area contributed by atoms with E-state index >= 15 is 0 Å². The van der Waals surface area contributed by atoms with Gasteiger partial charge in [0.15, 0.2) is 0 Å². The van der Waals surface area contributed by atoms with E-state index in [1.54, 1.807) is 17.7 Å². The molecule has 1 aromatic carbocycles. The van der Waals surface area contributed by atoms with Gasteiger partial charge in [-0.1, -0.05) is 28.9 Å². The van der Waals surface area contributed by atoms with Gasteiger partial charge < -0.3 is 14.0 Å². The Balaban J connectivity index is 1.27. The summed E-state index contributed by atoms with van der Waals surface area (Å²) in [6.45, 7) is 0.299. The molecular formula is C24H24F3NO3. The van der Waals surface area contributed by atoms with Crippen LogP contribution in [0.3, 0.4) is 0 Å². The average Bonchev–Trinajstić information content (AvgIpc) is 3.45. The van der Waals surface area contributed by atoms with Crippen LogP contribution in [0, 0.1) is 11.3 Å². The average molecular weight is 431 g/mol. The minimum atomic E-state index is -4.77. The molecule has 0 aliphatic heterocycles. The van der Waals surface area contributed by atoms with Crippen molar-refractivity contribution in [3.63, 3.8) is 0 Å². The number of alkyl halides is 3. The Hall–Kier alpha value is -2.28. The van der Waals surface area contributed by atoms with Gasteiger partial charge >= 0.3 is 6.36 Å². The van der Waals surface area contributed by atoms with Crippen LogP contribution in [0.2, 0.25) is 0 Å². The first kappa shape index (κ1) is 19.4. The van der Waals surface area contributed by atoms with Gasteiger partial charge in [-0.05, 0) is 68.4 Å². The molecule has 4 nitrogen and oxygen atoms in total. The van der Waals surface area contributed by atoms with Crippen LogP contribution in [0.15, 0.2) is 40.4 Å². The van der Waals surface area contributed by atoms with Crippen LogP contribution in [0.25, 0.3) is 11.3 Å². The predicted octanol–water partition coefficient (Wildman–Crippen LogP) is 6.52. The molecule has 2 aromatic rings. The van der Waals surface area contributed by atoms with E-state index in [1.807, 2.05) is 0 Å². The summed E-state index contributed by atoms with van der Waals surface area (Å²) in [5.41, 5.74) is 3.40. The SMILES string of the molecule is FC(F)(F)Oc1ccccc1-c1noc(C2CC2)c1COC1CC2C=C3CCC3(C2)C1. The molecule has 0 N–H and O–H groups in total. The third-order valence-electron chi connectivity index (χ3n) is 7.43. The summed E-state index contributed by atoms with van der Waals surface area (Å²) in [4.78, 5) is 0. The van der Waals surface area contributed by atoms with Crippen LogP contribution < -0.4 is 4.74 Å². The van der Waals surface area contributed by atoms with Crippen LogP contribution in [0.5, 0.6) is 5.75 Å². The van der Waals surface area contributed by atoms with E-state index < -0.39 is 6.36 Å². The lowest BCUT2D eigenvalue weighted by Crippen LogP contribution is -2.38. The van der Waals surface area contributed by atoms with E-state index in [0.29, 0.717) is 23.6 Å². The normalized spacial score (nSPS) is 29.3. The number of hydrogen-bond donors (Lipinski definition) is 0. The lowest BCUT2D eigenvalue weighted by atomic mass is 9.60.